The Morgan fingerprint density at radius 3 is 2.22 bits per heavy atom. The van der Waals surface area contributed by atoms with Gasteiger partial charge in [-0.25, -0.2) is 4.79 Å². The van der Waals surface area contributed by atoms with E-state index in [1.807, 2.05) is 52.8 Å². The van der Waals surface area contributed by atoms with Crippen LogP contribution in [0.2, 0.25) is 0 Å². The number of amides is 2. The average Bonchev–Trinajstić information content (AvgIpc) is 2.62. The second-order valence-corrected chi connectivity index (χ2v) is 7.70. The van der Waals surface area contributed by atoms with Gasteiger partial charge in [0.1, 0.15) is 5.60 Å². The fraction of sp³-hybridized carbons (Fsp3) is 0.476. The normalized spacial score (nSPS) is 15.5. The molecule has 1 fully saturated rings. The molecule has 0 atom stereocenters. The van der Waals surface area contributed by atoms with Gasteiger partial charge in [-0.2, -0.15) is 0 Å². The highest BCUT2D eigenvalue weighted by Crippen LogP contribution is 2.23. The molecule has 1 aliphatic heterocycles. The number of nitrogens with one attached hydrogen (secondary N) is 1. The summed E-state index contributed by atoms with van der Waals surface area (Å²) in [5.74, 6) is -0.0757. The van der Waals surface area contributed by atoms with E-state index in [1.165, 1.54) is 6.21 Å². The van der Waals surface area contributed by atoms with Crippen LogP contribution in [0.25, 0.3) is 5.57 Å². The van der Waals surface area contributed by atoms with Crippen molar-refractivity contribution in [3.05, 3.63) is 41.0 Å². The van der Waals surface area contributed by atoms with Gasteiger partial charge in [-0.1, -0.05) is 23.8 Å². The lowest BCUT2D eigenvalue weighted by Gasteiger charge is -2.36. The summed E-state index contributed by atoms with van der Waals surface area (Å²) in [6.45, 7) is 11.1. The summed E-state index contributed by atoms with van der Waals surface area (Å²) in [6.07, 6.45) is 2.73. The van der Waals surface area contributed by atoms with Crippen LogP contribution >= 0.6 is 0 Å². The maximum absolute atomic E-state index is 13.0. The zero-order valence-electron chi connectivity index (χ0n) is 16.8. The molecule has 1 saturated heterocycles. The van der Waals surface area contributed by atoms with E-state index in [9.17, 15) is 9.59 Å². The molecule has 1 N–H and O–H groups in total. The van der Waals surface area contributed by atoms with Crippen molar-refractivity contribution >= 4 is 23.8 Å². The topological polar surface area (TPSA) is 73.7 Å². The van der Waals surface area contributed by atoms with Gasteiger partial charge in [0.25, 0.3) is 5.91 Å². The SMILES string of the molecule is C/C=C(/C(=O)N1CCN(C(=O)OC(C)(C)C)CC1)c1ccc(C)cc1C=N. The van der Waals surface area contributed by atoms with Crippen molar-refractivity contribution in [1.29, 1.82) is 5.41 Å². The summed E-state index contributed by atoms with van der Waals surface area (Å²) in [4.78, 5) is 28.6. The van der Waals surface area contributed by atoms with Crippen LogP contribution in [0.3, 0.4) is 0 Å². The van der Waals surface area contributed by atoms with E-state index in [2.05, 4.69) is 0 Å². The molecule has 0 radical (unpaired) electrons. The van der Waals surface area contributed by atoms with Gasteiger partial charge in [0, 0.05) is 43.5 Å². The van der Waals surface area contributed by atoms with Crippen molar-refractivity contribution in [2.75, 3.05) is 26.2 Å². The molecule has 1 aromatic rings. The Morgan fingerprint density at radius 2 is 1.70 bits per heavy atom. The van der Waals surface area contributed by atoms with Crippen molar-refractivity contribution < 1.29 is 14.3 Å². The van der Waals surface area contributed by atoms with Crippen molar-refractivity contribution in [2.45, 2.75) is 40.2 Å². The molecule has 0 spiro atoms. The molecule has 27 heavy (non-hydrogen) atoms. The quantitative estimate of drug-likeness (QED) is 0.653. The highest BCUT2D eigenvalue weighted by molar-refractivity contribution is 6.21. The Labute approximate surface area is 161 Å². The predicted molar refractivity (Wildman–Crippen MR) is 107 cm³/mol. The lowest BCUT2D eigenvalue weighted by molar-refractivity contribution is -0.126. The molecule has 0 aromatic heterocycles. The molecule has 1 heterocycles. The van der Waals surface area contributed by atoms with E-state index in [0.29, 0.717) is 31.8 Å². The summed E-state index contributed by atoms with van der Waals surface area (Å²) < 4.78 is 5.40. The van der Waals surface area contributed by atoms with Crippen LogP contribution < -0.4 is 0 Å². The monoisotopic (exact) mass is 371 g/mol. The number of benzene rings is 1. The van der Waals surface area contributed by atoms with Crippen LogP contribution in [0.1, 0.15) is 44.4 Å². The maximum Gasteiger partial charge on any atom is 0.410 e. The standard InChI is InChI=1S/C21H29N3O3/c1-6-17(18-8-7-15(2)13-16(18)14-22)19(25)23-9-11-24(12-10-23)20(26)27-21(3,4)5/h6-8,13-14,22H,9-12H2,1-5H3/b17-6+,22-14?. The summed E-state index contributed by atoms with van der Waals surface area (Å²) in [5, 5.41) is 7.65. The number of piperazine rings is 1. The third-order valence-electron chi connectivity index (χ3n) is 4.39. The summed E-state index contributed by atoms with van der Waals surface area (Å²) in [5.41, 5.74) is 2.59. The number of ether oxygens (including phenoxy) is 1. The number of carbonyl (C=O) groups is 2. The van der Waals surface area contributed by atoms with E-state index in [-0.39, 0.29) is 12.0 Å². The first-order chi connectivity index (χ1) is 12.7. The van der Waals surface area contributed by atoms with Crippen molar-refractivity contribution in [3.63, 3.8) is 0 Å². The van der Waals surface area contributed by atoms with Crippen LogP contribution in [0.4, 0.5) is 4.79 Å². The molecule has 2 amide bonds. The zero-order valence-corrected chi connectivity index (χ0v) is 16.8. The van der Waals surface area contributed by atoms with Gasteiger partial charge in [0.2, 0.25) is 0 Å². The Morgan fingerprint density at radius 1 is 1.11 bits per heavy atom. The molecule has 0 saturated carbocycles. The van der Waals surface area contributed by atoms with E-state index in [4.69, 9.17) is 10.1 Å². The molecule has 6 heteroatoms. The molecule has 0 unspecified atom stereocenters. The van der Waals surface area contributed by atoms with Gasteiger partial charge in [0.05, 0.1) is 0 Å². The number of hydrogen-bond acceptors (Lipinski definition) is 4. The highest BCUT2D eigenvalue weighted by atomic mass is 16.6. The van der Waals surface area contributed by atoms with Gasteiger partial charge in [-0.05, 0) is 46.2 Å². The summed E-state index contributed by atoms with van der Waals surface area (Å²) in [6, 6.07) is 5.74. The number of aryl methyl sites for hydroxylation is 1. The number of hydrogen-bond donors (Lipinski definition) is 1. The van der Waals surface area contributed by atoms with E-state index in [0.717, 1.165) is 16.7 Å². The third kappa shape index (κ3) is 5.18. The maximum atomic E-state index is 13.0. The molecule has 2 rings (SSSR count). The number of nitrogens with zero attached hydrogens (tertiary/aromatic N) is 2. The molecule has 6 nitrogen and oxygen atoms in total. The summed E-state index contributed by atoms with van der Waals surface area (Å²) in [7, 11) is 0. The fourth-order valence-electron chi connectivity index (χ4n) is 3.03. The second-order valence-electron chi connectivity index (χ2n) is 7.70. The Hall–Kier alpha value is -2.63. The van der Waals surface area contributed by atoms with E-state index < -0.39 is 5.60 Å². The molecule has 0 aliphatic carbocycles. The summed E-state index contributed by atoms with van der Waals surface area (Å²) >= 11 is 0. The Bertz CT molecular complexity index is 754. The minimum atomic E-state index is -0.531. The molecule has 146 valence electrons. The lowest BCUT2D eigenvalue weighted by Crippen LogP contribution is -2.51. The van der Waals surface area contributed by atoms with E-state index >= 15 is 0 Å². The Kier molecular flexibility index (Phi) is 6.41. The third-order valence-corrected chi connectivity index (χ3v) is 4.39. The van der Waals surface area contributed by atoms with Crippen LogP contribution in [0.15, 0.2) is 24.3 Å². The van der Waals surface area contributed by atoms with Crippen molar-refractivity contribution in [2.24, 2.45) is 0 Å². The van der Waals surface area contributed by atoms with Crippen LogP contribution in [-0.4, -0.2) is 59.8 Å². The Balaban J connectivity index is 2.08. The first-order valence-corrected chi connectivity index (χ1v) is 9.21. The highest BCUT2D eigenvalue weighted by Gasteiger charge is 2.29. The molecular weight excluding hydrogens is 342 g/mol. The zero-order chi connectivity index (χ0) is 20.2. The second kappa shape index (κ2) is 8.37. The average molecular weight is 371 g/mol. The molecule has 1 aromatic carbocycles. The molecule has 1 aliphatic rings. The van der Waals surface area contributed by atoms with Gasteiger partial charge in [0.15, 0.2) is 0 Å². The minimum Gasteiger partial charge on any atom is -0.444 e. The molecular formula is C21H29N3O3. The lowest BCUT2D eigenvalue weighted by atomic mass is 9.97. The van der Waals surface area contributed by atoms with Gasteiger partial charge in [-0.3, -0.25) is 4.79 Å². The largest absolute Gasteiger partial charge is 0.444 e. The van der Waals surface area contributed by atoms with Crippen molar-refractivity contribution in [1.82, 2.24) is 9.80 Å². The first-order valence-electron chi connectivity index (χ1n) is 9.21. The number of allylic oxidation sites excluding steroid dienone is 1. The fourth-order valence-corrected chi connectivity index (χ4v) is 3.03. The van der Waals surface area contributed by atoms with Crippen LogP contribution in [-0.2, 0) is 9.53 Å². The first kappa shape index (κ1) is 20.7. The van der Waals surface area contributed by atoms with Crippen molar-refractivity contribution in [3.8, 4) is 0 Å². The number of rotatable bonds is 3. The van der Waals surface area contributed by atoms with Crippen LogP contribution in [0.5, 0.6) is 0 Å². The van der Waals surface area contributed by atoms with E-state index in [1.54, 1.807) is 15.9 Å². The number of carbonyl (C=O) groups excluding carboxylic acids is 2. The van der Waals surface area contributed by atoms with Gasteiger partial charge >= 0.3 is 6.09 Å². The molecule has 0 bridgehead atoms. The predicted octanol–water partition coefficient (Wildman–Crippen LogP) is 3.48. The van der Waals surface area contributed by atoms with Gasteiger partial charge < -0.3 is 19.9 Å². The smallest absolute Gasteiger partial charge is 0.410 e. The van der Waals surface area contributed by atoms with Crippen LogP contribution in [0, 0.1) is 12.3 Å². The minimum absolute atomic E-state index is 0.0757. The van der Waals surface area contributed by atoms with Gasteiger partial charge in [-0.15, -0.1) is 0 Å².